The Labute approximate surface area is 178 Å². The molecule has 0 radical (unpaired) electrons. The number of benzene rings is 2. The van der Waals surface area contributed by atoms with Crippen molar-refractivity contribution in [3.63, 3.8) is 0 Å². The number of carbonyl (C=O) groups excluding carboxylic acids is 4. The standard InChI is InChI=1S/C22H22N2O7/c1-3-31-21(28)13-7-9-15(10-8-13)24-12-14(11-18(24)25)20(27)23-17-6-4-5-16(19(17)26)22(29)30-2/h4-10,14,26H,3,11-12H2,1-2H3,(H,23,27). The summed E-state index contributed by atoms with van der Waals surface area (Å²) in [5.74, 6) is -2.94. The van der Waals surface area contributed by atoms with Gasteiger partial charge in [-0.3, -0.25) is 9.59 Å². The zero-order valence-electron chi connectivity index (χ0n) is 17.1. The maximum atomic E-state index is 12.7. The van der Waals surface area contributed by atoms with Crippen molar-refractivity contribution >= 4 is 35.1 Å². The smallest absolute Gasteiger partial charge is 0.341 e. The van der Waals surface area contributed by atoms with E-state index in [9.17, 15) is 24.3 Å². The average molecular weight is 426 g/mol. The molecule has 9 nitrogen and oxygen atoms in total. The van der Waals surface area contributed by atoms with Gasteiger partial charge in [-0.25, -0.2) is 9.59 Å². The van der Waals surface area contributed by atoms with Crippen LogP contribution in [0.15, 0.2) is 42.5 Å². The molecule has 1 saturated heterocycles. The van der Waals surface area contributed by atoms with Gasteiger partial charge in [0.15, 0.2) is 5.75 Å². The zero-order valence-corrected chi connectivity index (χ0v) is 17.1. The van der Waals surface area contributed by atoms with Crippen molar-refractivity contribution in [2.45, 2.75) is 13.3 Å². The summed E-state index contributed by atoms with van der Waals surface area (Å²) in [6.45, 7) is 2.12. The first-order valence-electron chi connectivity index (χ1n) is 9.64. The van der Waals surface area contributed by atoms with Crippen molar-refractivity contribution in [2.75, 3.05) is 30.5 Å². The van der Waals surface area contributed by atoms with Crippen LogP contribution in [0.25, 0.3) is 0 Å². The Morgan fingerprint density at radius 1 is 1.13 bits per heavy atom. The molecule has 0 aliphatic carbocycles. The molecule has 2 aromatic carbocycles. The van der Waals surface area contributed by atoms with E-state index in [2.05, 4.69) is 10.1 Å². The molecule has 31 heavy (non-hydrogen) atoms. The van der Waals surface area contributed by atoms with Gasteiger partial charge in [0.25, 0.3) is 0 Å². The molecular weight excluding hydrogens is 404 g/mol. The second-order valence-electron chi connectivity index (χ2n) is 6.86. The number of ether oxygens (including phenoxy) is 2. The first-order valence-corrected chi connectivity index (χ1v) is 9.64. The molecule has 3 rings (SSSR count). The summed E-state index contributed by atoms with van der Waals surface area (Å²) in [5, 5.41) is 12.8. The van der Waals surface area contributed by atoms with Crippen LogP contribution in [0.2, 0.25) is 0 Å². The highest BCUT2D eigenvalue weighted by Gasteiger charge is 2.35. The van der Waals surface area contributed by atoms with Gasteiger partial charge < -0.3 is 24.8 Å². The highest BCUT2D eigenvalue weighted by atomic mass is 16.5. The van der Waals surface area contributed by atoms with Crippen LogP contribution in [0.1, 0.15) is 34.1 Å². The Hall–Kier alpha value is -3.88. The molecule has 0 aromatic heterocycles. The number of nitrogens with one attached hydrogen (secondary N) is 1. The minimum atomic E-state index is -0.734. The molecule has 1 fully saturated rings. The molecule has 2 amide bonds. The Kier molecular flexibility index (Phi) is 6.54. The van der Waals surface area contributed by atoms with Gasteiger partial charge in [0, 0.05) is 18.7 Å². The number of phenolic OH excluding ortho intramolecular Hbond substituents is 1. The number of esters is 2. The fourth-order valence-electron chi connectivity index (χ4n) is 3.28. The molecule has 1 unspecified atom stereocenters. The van der Waals surface area contributed by atoms with Gasteiger partial charge in [0.2, 0.25) is 11.8 Å². The lowest BCUT2D eigenvalue weighted by molar-refractivity contribution is -0.122. The van der Waals surface area contributed by atoms with E-state index in [-0.39, 0.29) is 36.7 Å². The van der Waals surface area contributed by atoms with Gasteiger partial charge in [0.1, 0.15) is 5.56 Å². The fraction of sp³-hybridized carbons (Fsp3) is 0.273. The van der Waals surface area contributed by atoms with Crippen molar-refractivity contribution in [1.29, 1.82) is 0 Å². The number of hydrogen-bond donors (Lipinski definition) is 2. The van der Waals surface area contributed by atoms with Crippen LogP contribution in [0, 0.1) is 5.92 Å². The fourth-order valence-corrected chi connectivity index (χ4v) is 3.28. The Balaban J connectivity index is 1.70. The molecule has 1 aliphatic rings. The van der Waals surface area contributed by atoms with Crippen LogP contribution < -0.4 is 10.2 Å². The van der Waals surface area contributed by atoms with E-state index >= 15 is 0 Å². The number of carbonyl (C=O) groups is 4. The Bertz CT molecular complexity index is 1020. The zero-order chi connectivity index (χ0) is 22.5. The van der Waals surface area contributed by atoms with Crippen LogP contribution in [0.3, 0.4) is 0 Å². The van der Waals surface area contributed by atoms with E-state index in [0.29, 0.717) is 11.3 Å². The van der Waals surface area contributed by atoms with E-state index in [1.54, 1.807) is 31.2 Å². The third kappa shape index (κ3) is 4.66. The summed E-state index contributed by atoms with van der Waals surface area (Å²) in [6, 6.07) is 10.7. The lowest BCUT2D eigenvalue weighted by Crippen LogP contribution is -2.28. The lowest BCUT2D eigenvalue weighted by atomic mass is 10.1. The molecule has 0 saturated carbocycles. The minimum Gasteiger partial charge on any atom is -0.505 e. The van der Waals surface area contributed by atoms with Gasteiger partial charge in [-0.2, -0.15) is 0 Å². The van der Waals surface area contributed by atoms with Crippen molar-refractivity contribution in [3.05, 3.63) is 53.6 Å². The molecule has 9 heteroatoms. The third-order valence-electron chi connectivity index (χ3n) is 4.89. The normalized spacial score (nSPS) is 15.5. The van der Waals surface area contributed by atoms with E-state index < -0.39 is 29.5 Å². The van der Waals surface area contributed by atoms with Gasteiger partial charge in [0.05, 0.1) is 30.9 Å². The quantitative estimate of drug-likeness (QED) is 0.537. The van der Waals surface area contributed by atoms with E-state index in [1.165, 1.54) is 30.2 Å². The van der Waals surface area contributed by atoms with Crippen molar-refractivity contribution < 1.29 is 33.8 Å². The van der Waals surface area contributed by atoms with E-state index in [1.807, 2.05) is 0 Å². The SMILES string of the molecule is CCOC(=O)c1ccc(N2CC(C(=O)Nc3cccc(C(=O)OC)c3O)CC2=O)cc1. The molecule has 1 heterocycles. The van der Waals surface area contributed by atoms with Crippen LogP contribution in [-0.2, 0) is 19.1 Å². The Morgan fingerprint density at radius 3 is 2.48 bits per heavy atom. The first kappa shape index (κ1) is 21.8. The number of hydrogen-bond acceptors (Lipinski definition) is 7. The average Bonchev–Trinajstić information content (AvgIpc) is 3.16. The number of methoxy groups -OCH3 is 1. The highest BCUT2D eigenvalue weighted by molar-refractivity contribution is 6.05. The van der Waals surface area contributed by atoms with E-state index in [4.69, 9.17) is 4.74 Å². The van der Waals surface area contributed by atoms with Crippen molar-refractivity contribution in [2.24, 2.45) is 5.92 Å². The molecule has 2 N–H and O–H groups in total. The number of rotatable bonds is 6. The number of para-hydroxylation sites is 1. The van der Waals surface area contributed by atoms with Crippen LogP contribution in [0.4, 0.5) is 11.4 Å². The van der Waals surface area contributed by atoms with Crippen molar-refractivity contribution in [1.82, 2.24) is 0 Å². The monoisotopic (exact) mass is 426 g/mol. The predicted octanol–water partition coefficient (Wildman–Crippen LogP) is 2.35. The lowest BCUT2D eigenvalue weighted by Gasteiger charge is -2.17. The third-order valence-corrected chi connectivity index (χ3v) is 4.89. The summed E-state index contributed by atoms with van der Waals surface area (Å²) in [6.07, 6.45) is -0.0110. The number of nitrogens with zero attached hydrogens (tertiary/aromatic N) is 1. The molecule has 1 aliphatic heterocycles. The number of aromatic hydroxyl groups is 1. The second-order valence-corrected chi connectivity index (χ2v) is 6.86. The van der Waals surface area contributed by atoms with Gasteiger partial charge in [-0.1, -0.05) is 6.07 Å². The predicted molar refractivity (Wildman–Crippen MR) is 111 cm³/mol. The summed E-state index contributed by atoms with van der Waals surface area (Å²) >= 11 is 0. The van der Waals surface area contributed by atoms with Crippen LogP contribution >= 0.6 is 0 Å². The molecule has 0 bridgehead atoms. The minimum absolute atomic E-state index is 0.0110. The summed E-state index contributed by atoms with van der Waals surface area (Å²) in [5.41, 5.74) is 0.903. The summed E-state index contributed by atoms with van der Waals surface area (Å²) in [7, 11) is 1.19. The summed E-state index contributed by atoms with van der Waals surface area (Å²) in [4.78, 5) is 50.1. The largest absolute Gasteiger partial charge is 0.505 e. The molecular formula is C22H22N2O7. The Morgan fingerprint density at radius 2 is 1.84 bits per heavy atom. The van der Waals surface area contributed by atoms with Crippen LogP contribution in [0.5, 0.6) is 5.75 Å². The molecule has 162 valence electrons. The maximum absolute atomic E-state index is 12.7. The molecule has 0 spiro atoms. The maximum Gasteiger partial charge on any atom is 0.341 e. The van der Waals surface area contributed by atoms with Crippen LogP contribution in [-0.4, -0.2) is 49.1 Å². The number of phenols is 1. The highest BCUT2D eigenvalue weighted by Crippen LogP contribution is 2.30. The first-order chi connectivity index (χ1) is 14.8. The summed E-state index contributed by atoms with van der Waals surface area (Å²) < 4.78 is 9.54. The van der Waals surface area contributed by atoms with Gasteiger partial charge in [-0.15, -0.1) is 0 Å². The van der Waals surface area contributed by atoms with Gasteiger partial charge >= 0.3 is 11.9 Å². The second kappa shape index (κ2) is 9.29. The number of anilines is 2. The van der Waals surface area contributed by atoms with Gasteiger partial charge in [-0.05, 0) is 43.3 Å². The topological polar surface area (TPSA) is 122 Å². The molecule has 1 atom stereocenters. The van der Waals surface area contributed by atoms with Crippen molar-refractivity contribution in [3.8, 4) is 5.75 Å². The van der Waals surface area contributed by atoms with E-state index in [0.717, 1.165) is 0 Å². The molecule has 2 aromatic rings. The number of amides is 2.